The highest BCUT2D eigenvalue weighted by molar-refractivity contribution is 5.91. The standard InChI is InChI=1S/C17H26N2O6/c1-17(2,3)25-16(22)19-8-10-24-9-7-18-12-5-6-13(15(20)21)14(11-12)23-4/h5-6,11,18H,7-10H2,1-4H3,(H,19,22)(H,20,21). The smallest absolute Gasteiger partial charge is 0.407 e. The molecule has 0 saturated carbocycles. The molecule has 0 aliphatic carbocycles. The Kier molecular flexibility index (Phi) is 8.00. The fourth-order valence-electron chi connectivity index (χ4n) is 1.89. The van der Waals surface area contributed by atoms with Crippen molar-refractivity contribution < 1.29 is 28.9 Å². The number of alkyl carbamates (subject to hydrolysis) is 1. The maximum absolute atomic E-state index is 11.4. The summed E-state index contributed by atoms with van der Waals surface area (Å²) >= 11 is 0. The topological polar surface area (TPSA) is 106 Å². The van der Waals surface area contributed by atoms with Crippen LogP contribution in [0.3, 0.4) is 0 Å². The summed E-state index contributed by atoms with van der Waals surface area (Å²) in [6.07, 6.45) is -0.472. The molecule has 3 N–H and O–H groups in total. The van der Waals surface area contributed by atoms with Crippen LogP contribution in [0.15, 0.2) is 18.2 Å². The molecule has 0 atom stereocenters. The van der Waals surface area contributed by atoms with Gasteiger partial charge in [0.25, 0.3) is 0 Å². The molecule has 1 aromatic carbocycles. The molecule has 25 heavy (non-hydrogen) atoms. The molecule has 0 aromatic heterocycles. The molecule has 0 bridgehead atoms. The second-order valence-electron chi connectivity index (χ2n) is 6.19. The first-order valence-corrected chi connectivity index (χ1v) is 7.92. The maximum Gasteiger partial charge on any atom is 0.407 e. The number of carbonyl (C=O) groups excluding carboxylic acids is 1. The van der Waals surface area contributed by atoms with Gasteiger partial charge in [0, 0.05) is 24.8 Å². The summed E-state index contributed by atoms with van der Waals surface area (Å²) in [6.45, 7) is 7.07. The van der Waals surface area contributed by atoms with Crippen LogP contribution in [-0.4, -0.2) is 56.2 Å². The molecule has 0 saturated heterocycles. The van der Waals surface area contributed by atoms with Crippen LogP contribution < -0.4 is 15.4 Å². The summed E-state index contributed by atoms with van der Waals surface area (Å²) < 4.78 is 15.6. The first-order valence-electron chi connectivity index (χ1n) is 7.92. The van der Waals surface area contributed by atoms with E-state index in [4.69, 9.17) is 19.3 Å². The number of nitrogens with one attached hydrogen (secondary N) is 2. The Morgan fingerprint density at radius 1 is 1.16 bits per heavy atom. The zero-order valence-electron chi connectivity index (χ0n) is 15.0. The zero-order chi connectivity index (χ0) is 18.9. The van der Waals surface area contributed by atoms with Crippen molar-refractivity contribution >= 4 is 17.7 Å². The van der Waals surface area contributed by atoms with E-state index in [0.29, 0.717) is 32.1 Å². The number of carboxylic acid groups (broad SMARTS) is 1. The fraction of sp³-hybridized carbons (Fsp3) is 0.529. The van der Waals surface area contributed by atoms with Gasteiger partial charge in [0.1, 0.15) is 16.9 Å². The van der Waals surface area contributed by atoms with Crippen LogP contribution >= 0.6 is 0 Å². The summed E-state index contributed by atoms with van der Waals surface area (Å²) in [5.74, 6) is -0.746. The third-order valence-corrected chi connectivity index (χ3v) is 2.92. The van der Waals surface area contributed by atoms with Gasteiger partial charge in [-0.1, -0.05) is 0 Å². The highest BCUT2D eigenvalue weighted by Gasteiger charge is 2.15. The molecular weight excluding hydrogens is 328 g/mol. The Bertz CT molecular complexity index is 583. The van der Waals surface area contributed by atoms with Crippen LogP contribution in [0.5, 0.6) is 5.75 Å². The summed E-state index contributed by atoms with van der Waals surface area (Å²) in [7, 11) is 1.42. The highest BCUT2D eigenvalue weighted by Crippen LogP contribution is 2.22. The predicted molar refractivity (Wildman–Crippen MR) is 93.5 cm³/mol. The number of benzene rings is 1. The van der Waals surface area contributed by atoms with Crippen molar-refractivity contribution in [3.8, 4) is 5.75 Å². The molecule has 8 heteroatoms. The lowest BCUT2D eigenvalue weighted by Crippen LogP contribution is -2.34. The van der Waals surface area contributed by atoms with E-state index in [9.17, 15) is 9.59 Å². The first-order chi connectivity index (χ1) is 11.7. The number of carbonyl (C=O) groups is 2. The quantitative estimate of drug-likeness (QED) is 0.584. The van der Waals surface area contributed by atoms with Gasteiger partial charge in [0.2, 0.25) is 0 Å². The number of methoxy groups -OCH3 is 1. The third-order valence-electron chi connectivity index (χ3n) is 2.92. The van der Waals surface area contributed by atoms with Crippen LogP contribution in [-0.2, 0) is 9.47 Å². The third kappa shape index (κ3) is 8.25. The Hall–Kier alpha value is -2.48. The number of ether oxygens (including phenoxy) is 3. The van der Waals surface area contributed by atoms with Gasteiger partial charge in [0.05, 0.1) is 20.3 Å². The average molecular weight is 354 g/mol. The van der Waals surface area contributed by atoms with Gasteiger partial charge >= 0.3 is 12.1 Å². The number of aromatic carboxylic acids is 1. The van der Waals surface area contributed by atoms with Gasteiger partial charge < -0.3 is 30.0 Å². The van der Waals surface area contributed by atoms with Crippen molar-refractivity contribution in [2.24, 2.45) is 0 Å². The summed E-state index contributed by atoms with van der Waals surface area (Å²) in [4.78, 5) is 22.4. The monoisotopic (exact) mass is 354 g/mol. The molecule has 8 nitrogen and oxygen atoms in total. The number of amides is 1. The van der Waals surface area contributed by atoms with E-state index < -0.39 is 17.7 Å². The van der Waals surface area contributed by atoms with Crippen molar-refractivity contribution in [2.75, 3.05) is 38.7 Å². The lowest BCUT2D eigenvalue weighted by Gasteiger charge is -2.19. The largest absolute Gasteiger partial charge is 0.496 e. The molecular formula is C17H26N2O6. The van der Waals surface area contributed by atoms with Crippen molar-refractivity contribution in [3.63, 3.8) is 0 Å². The van der Waals surface area contributed by atoms with E-state index in [2.05, 4.69) is 10.6 Å². The number of rotatable bonds is 9. The second-order valence-corrected chi connectivity index (χ2v) is 6.19. The number of hydrogen-bond acceptors (Lipinski definition) is 6. The average Bonchev–Trinajstić information content (AvgIpc) is 2.51. The van der Waals surface area contributed by atoms with Crippen molar-refractivity contribution in [2.45, 2.75) is 26.4 Å². The fourth-order valence-corrected chi connectivity index (χ4v) is 1.89. The lowest BCUT2D eigenvalue weighted by molar-refractivity contribution is 0.0501. The van der Waals surface area contributed by atoms with Gasteiger partial charge in [-0.15, -0.1) is 0 Å². The molecule has 0 spiro atoms. The maximum atomic E-state index is 11.4. The summed E-state index contributed by atoms with van der Waals surface area (Å²) in [5, 5.41) is 14.7. The van der Waals surface area contributed by atoms with Gasteiger partial charge in [0.15, 0.2) is 0 Å². The molecule has 0 fully saturated rings. The SMILES string of the molecule is COc1cc(NCCOCCNC(=O)OC(C)(C)C)ccc1C(=O)O. The van der Waals surface area contributed by atoms with E-state index in [0.717, 1.165) is 5.69 Å². The van der Waals surface area contributed by atoms with Crippen LogP contribution in [0.2, 0.25) is 0 Å². The molecule has 140 valence electrons. The van der Waals surface area contributed by atoms with Gasteiger partial charge in [-0.2, -0.15) is 0 Å². The summed E-state index contributed by atoms with van der Waals surface area (Å²) in [5.41, 5.74) is 0.321. The number of anilines is 1. The minimum absolute atomic E-state index is 0.109. The van der Waals surface area contributed by atoms with Crippen LogP contribution in [0, 0.1) is 0 Å². The molecule has 0 heterocycles. The predicted octanol–water partition coefficient (Wildman–Crippen LogP) is 2.35. The van der Waals surface area contributed by atoms with E-state index in [-0.39, 0.29) is 5.56 Å². The molecule has 1 aromatic rings. The number of hydrogen-bond donors (Lipinski definition) is 3. The first kappa shape index (κ1) is 20.6. The van der Waals surface area contributed by atoms with E-state index in [1.807, 2.05) is 0 Å². The van der Waals surface area contributed by atoms with Crippen molar-refractivity contribution in [1.29, 1.82) is 0 Å². The van der Waals surface area contributed by atoms with Crippen LogP contribution in [0.4, 0.5) is 10.5 Å². The van der Waals surface area contributed by atoms with Gasteiger partial charge in [-0.25, -0.2) is 9.59 Å². The highest BCUT2D eigenvalue weighted by atomic mass is 16.6. The molecule has 0 unspecified atom stereocenters. The minimum Gasteiger partial charge on any atom is -0.496 e. The van der Waals surface area contributed by atoms with Crippen LogP contribution in [0.1, 0.15) is 31.1 Å². The lowest BCUT2D eigenvalue weighted by atomic mass is 10.2. The molecule has 0 aliphatic rings. The Labute approximate surface area is 147 Å². The van der Waals surface area contributed by atoms with Crippen molar-refractivity contribution in [1.82, 2.24) is 5.32 Å². The van der Waals surface area contributed by atoms with E-state index in [1.54, 1.807) is 32.9 Å². The van der Waals surface area contributed by atoms with Crippen LogP contribution in [0.25, 0.3) is 0 Å². The van der Waals surface area contributed by atoms with E-state index in [1.165, 1.54) is 13.2 Å². The Morgan fingerprint density at radius 3 is 2.44 bits per heavy atom. The van der Waals surface area contributed by atoms with Gasteiger partial charge in [-0.3, -0.25) is 0 Å². The summed E-state index contributed by atoms with van der Waals surface area (Å²) in [6, 6.07) is 4.76. The number of carboxylic acids is 1. The molecule has 1 amide bonds. The Morgan fingerprint density at radius 2 is 1.84 bits per heavy atom. The van der Waals surface area contributed by atoms with E-state index >= 15 is 0 Å². The molecule has 0 aliphatic heterocycles. The zero-order valence-corrected chi connectivity index (χ0v) is 15.0. The normalized spacial score (nSPS) is 10.9. The van der Waals surface area contributed by atoms with Crippen molar-refractivity contribution in [3.05, 3.63) is 23.8 Å². The molecule has 0 radical (unpaired) electrons. The second kappa shape index (κ2) is 9.73. The van der Waals surface area contributed by atoms with Gasteiger partial charge in [-0.05, 0) is 32.9 Å². The minimum atomic E-state index is -1.04. The molecule has 1 rings (SSSR count). The Balaban J connectivity index is 2.22.